The minimum absolute atomic E-state index is 0.227. The molecule has 6 nitrogen and oxygen atoms in total. The minimum Gasteiger partial charge on any atom is -0.497 e. The molecule has 140 valence electrons. The summed E-state index contributed by atoms with van der Waals surface area (Å²) in [6, 6.07) is 13.5. The van der Waals surface area contributed by atoms with Crippen LogP contribution >= 0.6 is 15.9 Å². The van der Waals surface area contributed by atoms with Gasteiger partial charge in [0.05, 0.1) is 31.0 Å². The van der Waals surface area contributed by atoms with E-state index in [1.807, 2.05) is 36.4 Å². The van der Waals surface area contributed by atoms with Crippen LogP contribution in [0.2, 0.25) is 0 Å². The van der Waals surface area contributed by atoms with E-state index >= 15 is 0 Å². The maximum Gasteiger partial charge on any atom is 0.338 e. The number of esters is 1. The molecule has 0 aromatic heterocycles. The highest BCUT2D eigenvalue weighted by molar-refractivity contribution is 9.10. The normalized spacial score (nSPS) is 16.4. The molecule has 0 spiro atoms. The molecular weight excluding hydrogens is 412 g/mol. The summed E-state index contributed by atoms with van der Waals surface area (Å²) in [4.78, 5) is 25.2. The number of hydrogen-bond donors (Lipinski definition) is 2. The van der Waals surface area contributed by atoms with Crippen molar-refractivity contribution in [2.75, 3.05) is 13.7 Å². The van der Waals surface area contributed by atoms with Gasteiger partial charge in [-0.1, -0.05) is 46.3 Å². The van der Waals surface area contributed by atoms with E-state index in [2.05, 4.69) is 26.6 Å². The van der Waals surface area contributed by atoms with E-state index < -0.39 is 18.0 Å². The number of benzene rings is 2. The Morgan fingerprint density at radius 2 is 1.93 bits per heavy atom. The van der Waals surface area contributed by atoms with Crippen molar-refractivity contribution in [1.82, 2.24) is 10.6 Å². The van der Waals surface area contributed by atoms with E-state index in [-0.39, 0.29) is 6.61 Å². The van der Waals surface area contributed by atoms with Crippen LogP contribution in [0.25, 0.3) is 5.70 Å². The summed E-state index contributed by atoms with van der Waals surface area (Å²) in [6.45, 7) is 1.97. The molecule has 27 heavy (non-hydrogen) atoms. The first-order valence-electron chi connectivity index (χ1n) is 8.42. The minimum atomic E-state index is -0.697. The third-order valence-electron chi connectivity index (χ3n) is 4.14. The first-order chi connectivity index (χ1) is 13.0. The van der Waals surface area contributed by atoms with Gasteiger partial charge in [0.15, 0.2) is 0 Å². The molecule has 2 amide bonds. The number of urea groups is 1. The number of halogens is 1. The molecule has 0 fully saturated rings. The summed E-state index contributed by atoms with van der Waals surface area (Å²) in [6.07, 6.45) is 0. The van der Waals surface area contributed by atoms with Gasteiger partial charge in [0, 0.05) is 4.47 Å². The lowest BCUT2D eigenvalue weighted by atomic mass is 9.92. The fourth-order valence-electron chi connectivity index (χ4n) is 2.93. The molecule has 0 bridgehead atoms. The summed E-state index contributed by atoms with van der Waals surface area (Å²) in [7, 11) is 1.56. The van der Waals surface area contributed by atoms with Gasteiger partial charge in [0.1, 0.15) is 5.75 Å². The lowest BCUT2D eigenvalue weighted by Crippen LogP contribution is -2.45. The molecule has 1 unspecified atom stereocenters. The molecule has 1 aliphatic heterocycles. The summed E-state index contributed by atoms with van der Waals surface area (Å²) in [5.41, 5.74) is 2.18. The molecule has 7 heteroatoms. The quantitative estimate of drug-likeness (QED) is 0.707. The van der Waals surface area contributed by atoms with Crippen molar-refractivity contribution in [3.05, 3.63) is 69.7 Å². The number of carbonyl (C=O) groups excluding carboxylic acids is 2. The number of ether oxygens (including phenoxy) is 2. The number of nitrogens with one attached hydrogen (secondary N) is 2. The zero-order chi connectivity index (χ0) is 19.4. The maximum absolute atomic E-state index is 12.8. The van der Waals surface area contributed by atoms with Gasteiger partial charge in [-0.25, -0.2) is 9.59 Å². The van der Waals surface area contributed by atoms with Gasteiger partial charge < -0.3 is 20.1 Å². The molecule has 0 saturated heterocycles. The van der Waals surface area contributed by atoms with Crippen molar-refractivity contribution in [1.29, 1.82) is 0 Å². The Morgan fingerprint density at radius 3 is 2.59 bits per heavy atom. The summed E-state index contributed by atoms with van der Waals surface area (Å²) >= 11 is 3.50. The topological polar surface area (TPSA) is 76.7 Å². The van der Waals surface area contributed by atoms with Crippen LogP contribution in [-0.2, 0) is 9.53 Å². The van der Waals surface area contributed by atoms with Crippen LogP contribution in [0.15, 0.2) is 58.6 Å². The van der Waals surface area contributed by atoms with Crippen LogP contribution in [0, 0.1) is 0 Å². The number of hydrogen-bond acceptors (Lipinski definition) is 4. The Balaban J connectivity index is 2.22. The zero-order valence-electron chi connectivity index (χ0n) is 14.9. The van der Waals surface area contributed by atoms with Crippen molar-refractivity contribution >= 4 is 33.6 Å². The molecule has 1 heterocycles. The summed E-state index contributed by atoms with van der Waals surface area (Å²) in [5.74, 6) is 0.119. The average molecular weight is 431 g/mol. The lowest BCUT2D eigenvalue weighted by Gasteiger charge is -2.30. The van der Waals surface area contributed by atoms with Gasteiger partial charge in [-0.3, -0.25) is 0 Å². The van der Waals surface area contributed by atoms with Crippen LogP contribution < -0.4 is 15.4 Å². The highest BCUT2D eigenvalue weighted by Crippen LogP contribution is 2.36. The molecule has 1 aliphatic rings. The van der Waals surface area contributed by atoms with Crippen LogP contribution in [0.1, 0.15) is 24.1 Å². The Kier molecular flexibility index (Phi) is 5.81. The Bertz CT molecular complexity index is 896. The second-order valence-corrected chi connectivity index (χ2v) is 6.65. The molecule has 1 atom stereocenters. The SMILES string of the molecule is CCOC(=O)C1=C(c2ccccc2)NC(=O)NC1c1cc(OC)ccc1Br. The van der Waals surface area contributed by atoms with E-state index in [0.29, 0.717) is 22.6 Å². The van der Waals surface area contributed by atoms with Crippen molar-refractivity contribution in [2.45, 2.75) is 13.0 Å². The van der Waals surface area contributed by atoms with E-state index in [4.69, 9.17) is 9.47 Å². The number of methoxy groups -OCH3 is 1. The van der Waals surface area contributed by atoms with Gasteiger partial charge in [0.2, 0.25) is 0 Å². The van der Waals surface area contributed by atoms with Crippen LogP contribution in [-0.4, -0.2) is 25.7 Å². The predicted octanol–water partition coefficient (Wildman–Crippen LogP) is 3.79. The third kappa shape index (κ3) is 3.98. The fraction of sp³-hybridized carbons (Fsp3) is 0.200. The number of rotatable bonds is 5. The van der Waals surface area contributed by atoms with Gasteiger partial charge >= 0.3 is 12.0 Å². The van der Waals surface area contributed by atoms with Crippen molar-refractivity contribution in [3.8, 4) is 5.75 Å². The monoisotopic (exact) mass is 430 g/mol. The lowest BCUT2D eigenvalue weighted by molar-refractivity contribution is -0.138. The predicted molar refractivity (Wildman–Crippen MR) is 105 cm³/mol. The third-order valence-corrected chi connectivity index (χ3v) is 4.87. The Hall–Kier alpha value is -2.80. The molecule has 0 aliphatic carbocycles. The van der Waals surface area contributed by atoms with E-state index in [9.17, 15) is 9.59 Å². The molecular formula is C20H19BrN2O4. The molecule has 3 rings (SSSR count). The molecule has 2 N–H and O–H groups in total. The molecule has 0 radical (unpaired) electrons. The van der Waals surface area contributed by atoms with Crippen molar-refractivity contribution in [2.24, 2.45) is 0 Å². The second-order valence-electron chi connectivity index (χ2n) is 5.79. The Morgan fingerprint density at radius 1 is 1.19 bits per heavy atom. The van der Waals surface area contributed by atoms with Gasteiger partial charge in [0.25, 0.3) is 0 Å². The van der Waals surface area contributed by atoms with Crippen LogP contribution in [0.5, 0.6) is 5.75 Å². The summed E-state index contributed by atoms with van der Waals surface area (Å²) < 4.78 is 11.3. The van der Waals surface area contributed by atoms with Crippen LogP contribution in [0.3, 0.4) is 0 Å². The first-order valence-corrected chi connectivity index (χ1v) is 9.22. The highest BCUT2D eigenvalue weighted by Gasteiger charge is 2.35. The number of carbonyl (C=O) groups is 2. The summed E-state index contributed by atoms with van der Waals surface area (Å²) in [5, 5.41) is 5.57. The van der Waals surface area contributed by atoms with E-state index in [0.717, 1.165) is 10.0 Å². The number of amides is 2. The molecule has 0 saturated carbocycles. The van der Waals surface area contributed by atoms with Gasteiger partial charge in [-0.15, -0.1) is 0 Å². The van der Waals surface area contributed by atoms with Crippen LogP contribution in [0.4, 0.5) is 4.79 Å². The van der Waals surface area contributed by atoms with E-state index in [1.54, 1.807) is 26.2 Å². The van der Waals surface area contributed by atoms with E-state index in [1.165, 1.54) is 0 Å². The van der Waals surface area contributed by atoms with Gasteiger partial charge in [-0.2, -0.15) is 0 Å². The molecule has 2 aromatic carbocycles. The Labute approximate surface area is 165 Å². The largest absolute Gasteiger partial charge is 0.497 e. The first kappa shape index (κ1) is 19.0. The maximum atomic E-state index is 12.8. The smallest absolute Gasteiger partial charge is 0.338 e. The second kappa shape index (κ2) is 8.26. The van der Waals surface area contributed by atoms with Crippen molar-refractivity contribution in [3.63, 3.8) is 0 Å². The zero-order valence-corrected chi connectivity index (χ0v) is 16.5. The van der Waals surface area contributed by atoms with Gasteiger partial charge in [-0.05, 0) is 36.2 Å². The highest BCUT2D eigenvalue weighted by atomic mass is 79.9. The standard InChI is InChI=1S/C20H19BrN2O4/c1-3-27-19(24)16-17(12-7-5-4-6-8-12)22-20(25)23-18(16)14-11-13(26-2)9-10-15(14)21/h4-11,18H,3H2,1-2H3,(H2,22,23,25). The fourth-order valence-corrected chi connectivity index (χ4v) is 3.40. The average Bonchev–Trinajstić information content (AvgIpc) is 2.68. The van der Waals surface area contributed by atoms with Crippen molar-refractivity contribution < 1.29 is 19.1 Å². The molecule has 2 aromatic rings.